The summed E-state index contributed by atoms with van der Waals surface area (Å²) in [5.41, 5.74) is 0.215. The molecule has 1 saturated carbocycles. The first-order chi connectivity index (χ1) is 9.27. The van der Waals surface area contributed by atoms with Crippen molar-refractivity contribution in [1.82, 2.24) is 5.32 Å². The highest BCUT2D eigenvalue weighted by atomic mass is 35.5. The van der Waals surface area contributed by atoms with Crippen LogP contribution in [0.4, 0.5) is 0 Å². The Bertz CT molecular complexity index is 515. The van der Waals surface area contributed by atoms with Crippen LogP contribution < -0.4 is 5.32 Å². The highest BCUT2D eigenvalue weighted by molar-refractivity contribution is 6.53. The van der Waals surface area contributed by atoms with Gasteiger partial charge in [0.25, 0.3) is 0 Å². The molecule has 1 aromatic rings. The molecule has 0 bridgehead atoms. The topological polar surface area (TPSA) is 49.3 Å². The molecule has 2 unspecified atom stereocenters. The van der Waals surface area contributed by atoms with Gasteiger partial charge in [0.2, 0.25) is 5.91 Å². The molecular formula is C15H19Cl2NO2. The van der Waals surface area contributed by atoms with Crippen LogP contribution in [0.15, 0.2) is 24.3 Å². The second-order valence-corrected chi connectivity index (χ2v) is 6.84. The molecule has 1 amide bonds. The highest BCUT2D eigenvalue weighted by Gasteiger charge is 2.76. The average molecular weight is 316 g/mol. The van der Waals surface area contributed by atoms with E-state index in [4.69, 9.17) is 23.2 Å². The Morgan fingerprint density at radius 3 is 2.30 bits per heavy atom. The Hall–Kier alpha value is -0.930. The standard InChI is InChI=1S/C15H19Cl2NO2/c1-4-14(10(3)15(14,16)17)13(20)18-9(2)11-5-7-12(19)8-6-11/h5-10,19H,4H2,1-3H3,(H,18,20)/t9-,10?,14?/m1/s1. The lowest BCUT2D eigenvalue weighted by atomic mass is 9.98. The van der Waals surface area contributed by atoms with Gasteiger partial charge in [-0.1, -0.05) is 26.0 Å². The number of phenolic OH excluding ortho intramolecular Hbond substituents is 1. The molecule has 1 fully saturated rings. The Balaban J connectivity index is 2.11. The number of amides is 1. The average Bonchev–Trinajstić information content (AvgIpc) is 2.84. The van der Waals surface area contributed by atoms with Crippen LogP contribution in [0.3, 0.4) is 0 Å². The third-order valence-electron chi connectivity index (χ3n) is 4.50. The van der Waals surface area contributed by atoms with Crippen LogP contribution in [-0.2, 0) is 4.79 Å². The first-order valence-corrected chi connectivity index (χ1v) is 7.50. The number of hydrogen-bond acceptors (Lipinski definition) is 2. The molecule has 1 aliphatic carbocycles. The van der Waals surface area contributed by atoms with Crippen molar-refractivity contribution in [2.24, 2.45) is 11.3 Å². The Labute approximate surface area is 129 Å². The SMILES string of the molecule is CCC1(C(=O)N[C@H](C)c2ccc(O)cc2)C(C)C1(Cl)Cl. The number of rotatable bonds is 4. The van der Waals surface area contributed by atoms with E-state index in [2.05, 4.69) is 5.32 Å². The van der Waals surface area contributed by atoms with Gasteiger partial charge in [-0.15, -0.1) is 23.2 Å². The van der Waals surface area contributed by atoms with E-state index in [0.29, 0.717) is 6.42 Å². The van der Waals surface area contributed by atoms with Crippen molar-refractivity contribution >= 4 is 29.1 Å². The van der Waals surface area contributed by atoms with Gasteiger partial charge in [-0.3, -0.25) is 4.79 Å². The minimum absolute atomic E-state index is 0.0599. The zero-order valence-electron chi connectivity index (χ0n) is 11.8. The van der Waals surface area contributed by atoms with E-state index in [9.17, 15) is 9.90 Å². The Morgan fingerprint density at radius 2 is 1.90 bits per heavy atom. The fraction of sp³-hybridized carbons (Fsp3) is 0.533. The van der Waals surface area contributed by atoms with Crippen LogP contribution in [-0.4, -0.2) is 15.3 Å². The Kier molecular flexibility index (Phi) is 3.96. The molecule has 2 N–H and O–H groups in total. The predicted molar refractivity (Wildman–Crippen MR) is 81.0 cm³/mol. The van der Waals surface area contributed by atoms with Crippen molar-refractivity contribution in [3.63, 3.8) is 0 Å². The summed E-state index contributed by atoms with van der Waals surface area (Å²) in [6, 6.07) is 6.60. The number of nitrogens with one attached hydrogen (secondary N) is 1. The van der Waals surface area contributed by atoms with Gasteiger partial charge >= 0.3 is 0 Å². The first-order valence-electron chi connectivity index (χ1n) is 6.75. The molecule has 110 valence electrons. The summed E-state index contributed by atoms with van der Waals surface area (Å²) < 4.78 is -0.986. The van der Waals surface area contributed by atoms with Gasteiger partial charge in [0.1, 0.15) is 10.1 Å². The Morgan fingerprint density at radius 1 is 1.40 bits per heavy atom. The van der Waals surface area contributed by atoms with E-state index >= 15 is 0 Å². The molecule has 0 heterocycles. The lowest BCUT2D eigenvalue weighted by Crippen LogP contribution is -2.36. The summed E-state index contributed by atoms with van der Waals surface area (Å²) in [5.74, 6) is 0.0297. The lowest BCUT2D eigenvalue weighted by Gasteiger charge is -2.20. The third-order valence-corrected chi connectivity index (χ3v) is 5.83. The molecule has 3 nitrogen and oxygen atoms in total. The summed E-state index contributed by atoms with van der Waals surface area (Å²) in [5, 5.41) is 12.2. The van der Waals surface area contributed by atoms with Gasteiger partial charge < -0.3 is 10.4 Å². The van der Waals surface area contributed by atoms with E-state index in [1.165, 1.54) is 0 Å². The molecule has 2 rings (SSSR count). The van der Waals surface area contributed by atoms with E-state index in [1.807, 2.05) is 20.8 Å². The van der Waals surface area contributed by atoms with E-state index < -0.39 is 9.75 Å². The number of halogens is 2. The molecule has 1 aliphatic rings. The molecule has 3 atom stereocenters. The molecule has 5 heteroatoms. The molecule has 0 saturated heterocycles. The summed E-state index contributed by atoms with van der Waals surface area (Å²) in [6.45, 7) is 5.72. The van der Waals surface area contributed by atoms with Gasteiger partial charge in [0, 0.05) is 5.92 Å². The van der Waals surface area contributed by atoms with Crippen molar-refractivity contribution in [2.45, 2.75) is 37.6 Å². The maximum absolute atomic E-state index is 12.5. The van der Waals surface area contributed by atoms with Gasteiger partial charge in [0.15, 0.2) is 0 Å². The fourth-order valence-corrected chi connectivity index (χ4v) is 3.89. The zero-order chi connectivity index (χ0) is 15.1. The number of hydrogen-bond donors (Lipinski definition) is 2. The van der Waals surface area contributed by atoms with Crippen molar-refractivity contribution in [3.05, 3.63) is 29.8 Å². The summed E-state index contributed by atoms with van der Waals surface area (Å²) in [4.78, 5) is 12.5. The monoisotopic (exact) mass is 315 g/mol. The van der Waals surface area contributed by atoms with Crippen molar-refractivity contribution in [3.8, 4) is 5.75 Å². The van der Waals surface area contributed by atoms with Gasteiger partial charge in [-0.25, -0.2) is 0 Å². The first kappa shape index (κ1) is 15.5. The minimum atomic E-state index is -0.986. The quantitative estimate of drug-likeness (QED) is 0.830. The second-order valence-electron chi connectivity index (χ2n) is 5.46. The molecule has 0 aliphatic heterocycles. The van der Waals surface area contributed by atoms with Crippen LogP contribution in [0, 0.1) is 11.3 Å². The molecule has 0 spiro atoms. The zero-order valence-corrected chi connectivity index (χ0v) is 13.3. The summed E-state index contributed by atoms with van der Waals surface area (Å²) in [7, 11) is 0. The van der Waals surface area contributed by atoms with Gasteiger partial charge in [-0.05, 0) is 31.0 Å². The molecule has 0 radical (unpaired) electrons. The number of carbonyl (C=O) groups excluding carboxylic acids is 1. The highest BCUT2D eigenvalue weighted by Crippen LogP contribution is 2.70. The van der Waals surface area contributed by atoms with Gasteiger partial charge in [-0.2, -0.15) is 0 Å². The smallest absolute Gasteiger partial charge is 0.230 e. The fourth-order valence-electron chi connectivity index (χ4n) is 2.86. The number of aromatic hydroxyl groups is 1. The largest absolute Gasteiger partial charge is 0.508 e. The maximum atomic E-state index is 12.5. The number of phenols is 1. The third kappa shape index (κ3) is 2.17. The minimum Gasteiger partial charge on any atom is -0.508 e. The normalized spacial score (nSPS) is 28.8. The number of benzene rings is 1. The van der Waals surface area contributed by atoms with Crippen LogP contribution in [0.25, 0.3) is 0 Å². The van der Waals surface area contributed by atoms with Crippen molar-refractivity contribution in [1.29, 1.82) is 0 Å². The van der Waals surface area contributed by atoms with Crippen LogP contribution in [0.1, 0.15) is 38.8 Å². The van der Waals surface area contributed by atoms with Crippen LogP contribution in [0.5, 0.6) is 5.75 Å². The molecule has 0 aromatic heterocycles. The van der Waals surface area contributed by atoms with E-state index in [0.717, 1.165) is 5.56 Å². The van der Waals surface area contributed by atoms with Crippen LogP contribution >= 0.6 is 23.2 Å². The summed E-state index contributed by atoms with van der Waals surface area (Å²) >= 11 is 12.5. The number of carbonyl (C=O) groups is 1. The molecular weight excluding hydrogens is 297 g/mol. The predicted octanol–water partition coefficient (Wildman–Crippen LogP) is 3.79. The van der Waals surface area contributed by atoms with Crippen molar-refractivity contribution in [2.75, 3.05) is 0 Å². The number of alkyl halides is 2. The summed E-state index contributed by atoms with van der Waals surface area (Å²) in [6.07, 6.45) is 0.606. The second kappa shape index (κ2) is 5.12. The van der Waals surface area contributed by atoms with Crippen molar-refractivity contribution < 1.29 is 9.90 Å². The van der Waals surface area contributed by atoms with E-state index in [-0.39, 0.29) is 23.6 Å². The lowest BCUT2D eigenvalue weighted by molar-refractivity contribution is -0.127. The maximum Gasteiger partial charge on any atom is 0.230 e. The molecule has 20 heavy (non-hydrogen) atoms. The van der Waals surface area contributed by atoms with E-state index in [1.54, 1.807) is 24.3 Å². The molecule has 1 aromatic carbocycles. The van der Waals surface area contributed by atoms with Gasteiger partial charge in [0.05, 0.1) is 11.5 Å². The van der Waals surface area contributed by atoms with Crippen LogP contribution in [0.2, 0.25) is 0 Å².